The number of nitrogens with zero attached hydrogens (tertiary/aromatic N) is 2. The zero-order valence-electron chi connectivity index (χ0n) is 10.1. The van der Waals surface area contributed by atoms with Gasteiger partial charge in [-0.15, -0.1) is 0 Å². The van der Waals surface area contributed by atoms with Gasteiger partial charge in [-0.25, -0.2) is 0 Å². The molecule has 1 saturated carbocycles. The first-order valence-corrected chi connectivity index (χ1v) is 6.13. The van der Waals surface area contributed by atoms with Crippen molar-refractivity contribution in [1.82, 2.24) is 20.4 Å². The summed E-state index contributed by atoms with van der Waals surface area (Å²) in [6.45, 7) is 2.80. The van der Waals surface area contributed by atoms with Gasteiger partial charge in [0.25, 0.3) is 0 Å². The average Bonchev–Trinajstić information content (AvgIpc) is 3.02. The number of hydrogen-bond acceptors (Lipinski definition) is 3. The minimum Gasteiger partial charge on any atom is -0.352 e. The fourth-order valence-electron chi connectivity index (χ4n) is 1.68. The van der Waals surface area contributed by atoms with Crippen molar-refractivity contribution < 1.29 is 4.79 Å². The molecule has 0 atom stereocenters. The van der Waals surface area contributed by atoms with Crippen molar-refractivity contribution in [1.29, 1.82) is 0 Å². The number of halogens is 1. The number of amides is 1. The van der Waals surface area contributed by atoms with Crippen LogP contribution in [0.2, 0.25) is 5.15 Å². The number of nitrogens with one attached hydrogen (secondary N) is 2. The lowest BCUT2D eigenvalue weighted by Crippen LogP contribution is -2.34. The van der Waals surface area contributed by atoms with Crippen molar-refractivity contribution in [3.8, 4) is 0 Å². The van der Waals surface area contributed by atoms with E-state index in [0.29, 0.717) is 24.3 Å². The summed E-state index contributed by atoms with van der Waals surface area (Å²) in [4.78, 5) is 11.4. The van der Waals surface area contributed by atoms with Crippen molar-refractivity contribution in [3.63, 3.8) is 0 Å². The van der Waals surface area contributed by atoms with Crippen LogP contribution in [0, 0.1) is 6.92 Å². The summed E-state index contributed by atoms with van der Waals surface area (Å²) in [5.74, 6) is 0.0464. The second-order valence-electron chi connectivity index (χ2n) is 4.42. The number of aromatic nitrogens is 2. The van der Waals surface area contributed by atoms with Gasteiger partial charge < -0.3 is 10.6 Å². The smallest absolute Gasteiger partial charge is 0.234 e. The number of carbonyl (C=O) groups excluding carboxylic acids is 1. The summed E-state index contributed by atoms with van der Waals surface area (Å²) >= 11 is 6.08. The van der Waals surface area contributed by atoms with Crippen LogP contribution in [-0.4, -0.2) is 28.3 Å². The molecule has 1 aromatic heterocycles. The van der Waals surface area contributed by atoms with Gasteiger partial charge in [-0.1, -0.05) is 11.6 Å². The molecule has 0 aliphatic heterocycles. The van der Waals surface area contributed by atoms with E-state index >= 15 is 0 Å². The second kappa shape index (κ2) is 5.06. The van der Waals surface area contributed by atoms with Gasteiger partial charge in [-0.2, -0.15) is 5.10 Å². The van der Waals surface area contributed by atoms with Crippen molar-refractivity contribution in [3.05, 3.63) is 16.4 Å². The molecule has 1 aromatic rings. The van der Waals surface area contributed by atoms with E-state index < -0.39 is 0 Å². The number of hydrogen-bond donors (Lipinski definition) is 2. The fourth-order valence-corrected chi connectivity index (χ4v) is 1.92. The lowest BCUT2D eigenvalue weighted by Gasteiger charge is -2.05. The highest BCUT2D eigenvalue weighted by atomic mass is 35.5. The van der Waals surface area contributed by atoms with Gasteiger partial charge in [0.1, 0.15) is 5.15 Å². The number of rotatable bonds is 5. The van der Waals surface area contributed by atoms with E-state index in [-0.39, 0.29) is 5.91 Å². The van der Waals surface area contributed by atoms with Crippen LogP contribution in [0.25, 0.3) is 0 Å². The predicted octanol–water partition coefficient (Wildman–Crippen LogP) is 0.750. The Balaban J connectivity index is 1.78. The minimum atomic E-state index is 0.0464. The van der Waals surface area contributed by atoms with E-state index in [1.807, 2.05) is 6.92 Å². The topological polar surface area (TPSA) is 59.0 Å². The van der Waals surface area contributed by atoms with E-state index in [4.69, 9.17) is 11.6 Å². The third-order valence-electron chi connectivity index (χ3n) is 2.80. The molecule has 0 spiro atoms. The van der Waals surface area contributed by atoms with Gasteiger partial charge >= 0.3 is 0 Å². The molecule has 0 aromatic carbocycles. The molecule has 5 nitrogen and oxygen atoms in total. The highest BCUT2D eigenvalue weighted by Gasteiger charge is 2.22. The molecule has 0 unspecified atom stereocenters. The molecular weight excluding hydrogens is 240 g/mol. The van der Waals surface area contributed by atoms with E-state index in [1.54, 1.807) is 11.7 Å². The molecule has 94 valence electrons. The van der Waals surface area contributed by atoms with Crippen LogP contribution in [0.4, 0.5) is 0 Å². The zero-order chi connectivity index (χ0) is 12.4. The Morgan fingerprint density at radius 2 is 2.29 bits per heavy atom. The molecular formula is C11H17ClN4O. The van der Waals surface area contributed by atoms with E-state index in [1.165, 1.54) is 0 Å². The largest absolute Gasteiger partial charge is 0.352 e. The number of carbonyl (C=O) groups is 1. The van der Waals surface area contributed by atoms with Crippen molar-refractivity contribution in [2.24, 2.45) is 7.05 Å². The summed E-state index contributed by atoms with van der Waals surface area (Å²) in [6.07, 6.45) is 2.22. The second-order valence-corrected chi connectivity index (χ2v) is 4.78. The standard InChI is InChI=1S/C11H17ClN4O/c1-7-9(11(12)16(2)15-7)5-13-6-10(17)14-8-3-4-8/h8,13H,3-6H2,1-2H3,(H,14,17). The van der Waals surface area contributed by atoms with E-state index in [0.717, 1.165) is 24.1 Å². The molecule has 0 saturated heterocycles. The Kier molecular flexibility index (Phi) is 3.69. The van der Waals surface area contributed by atoms with Gasteiger partial charge in [0.15, 0.2) is 0 Å². The molecule has 1 heterocycles. The molecule has 0 bridgehead atoms. The Bertz CT molecular complexity index is 425. The molecule has 1 fully saturated rings. The number of aryl methyl sites for hydroxylation is 2. The predicted molar refractivity (Wildman–Crippen MR) is 65.8 cm³/mol. The lowest BCUT2D eigenvalue weighted by molar-refractivity contribution is -0.120. The van der Waals surface area contributed by atoms with Gasteiger partial charge in [0, 0.05) is 25.2 Å². The maximum atomic E-state index is 11.4. The Morgan fingerprint density at radius 1 is 1.59 bits per heavy atom. The maximum absolute atomic E-state index is 11.4. The monoisotopic (exact) mass is 256 g/mol. The average molecular weight is 257 g/mol. The van der Waals surface area contributed by atoms with Crippen LogP contribution in [0.15, 0.2) is 0 Å². The van der Waals surface area contributed by atoms with Gasteiger partial charge in [0.2, 0.25) is 5.91 Å². The van der Waals surface area contributed by atoms with Crippen LogP contribution >= 0.6 is 11.6 Å². The normalized spacial score (nSPS) is 15.0. The molecule has 0 radical (unpaired) electrons. The van der Waals surface area contributed by atoms with Crippen molar-refractivity contribution in [2.45, 2.75) is 32.4 Å². The van der Waals surface area contributed by atoms with Crippen LogP contribution in [-0.2, 0) is 18.4 Å². The molecule has 17 heavy (non-hydrogen) atoms. The third-order valence-corrected chi connectivity index (χ3v) is 3.27. The summed E-state index contributed by atoms with van der Waals surface area (Å²) < 4.78 is 1.64. The Hall–Kier alpha value is -1.07. The Labute approximate surface area is 106 Å². The van der Waals surface area contributed by atoms with E-state index in [9.17, 15) is 4.79 Å². The molecule has 2 N–H and O–H groups in total. The van der Waals surface area contributed by atoms with Gasteiger partial charge in [-0.05, 0) is 19.8 Å². The summed E-state index contributed by atoms with van der Waals surface area (Å²) in [6, 6.07) is 0.410. The van der Waals surface area contributed by atoms with Gasteiger partial charge in [-0.3, -0.25) is 9.48 Å². The highest BCUT2D eigenvalue weighted by molar-refractivity contribution is 6.30. The summed E-state index contributed by atoms with van der Waals surface area (Å²) in [5, 5.41) is 10.8. The van der Waals surface area contributed by atoms with Gasteiger partial charge in [0.05, 0.1) is 12.2 Å². The lowest BCUT2D eigenvalue weighted by atomic mass is 10.2. The van der Waals surface area contributed by atoms with Crippen LogP contribution in [0.1, 0.15) is 24.1 Å². The minimum absolute atomic E-state index is 0.0464. The van der Waals surface area contributed by atoms with Crippen LogP contribution < -0.4 is 10.6 Å². The molecule has 6 heteroatoms. The highest BCUT2D eigenvalue weighted by Crippen LogP contribution is 2.19. The zero-order valence-corrected chi connectivity index (χ0v) is 10.8. The first-order valence-electron chi connectivity index (χ1n) is 5.76. The summed E-state index contributed by atoms with van der Waals surface area (Å²) in [5.41, 5.74) is 1.85. The first kappa shape index (κ1) is 12.4. The molecule has 1 aliphatic carbocycles. The first-order chi connectivity index (χ1) is 8.08. The molecule has 1 amide bonds. The quantitative estimate of drug-likeness (QED) is 0.818. The molecule has 2 rings (SSSR count). The third kappa shape index (κ3) is 3.20. The fraction of sp³-hybridized carbons (Fsp3) is 0.636. The van der Waals surface area contributed by atoms with Crippen molar-refractivity contribution >= 4 is 17.5 Å². The Morgan fingerprint density at radius 3 is 2.82 bits per heavy atom. The van der Waals surface area contributed by atoms with Crippen LogP contribution in [0.5, 0.6) is 0 Å². The SMILES string of the molecule is Cc1nn(C)c(Cl)c1CNCC(=O)NC1CC1. The van der Waals surface area contributed by atoms with E-state index in [2.05, 4.69) is 15.7 Å². The molecule has 1 aliphatic rings. The summed E-state index contributed by atoms with van der Waals surface area (Å²) in [7, 11) is 1.80. The van der Waals surface area contributed by atoms with Crippen LogP contribution in [0.3, 0.4) is 0 Å². The maximum Gasteiger partial charge on any atom is 0.234 e. The van der Waals surface area contributed by atoms with Crippen molar-refractivity contribution in [2.75, 3.05) is 6.54 Å².